The number of piperazine rings is 1. The van der Waals surface area contributed by atoms with E-state index in [-0.39, 0.29) is 12.3 Å². The Morgan fingerprint density at radius 1 is 1.10 bits per heavy atom. The van der Waals surface area contributed by atoms with Crippen LogP contribution in [0.1, 0.15) is 15.9 Å². The fourth-order valence-corrected chi connectivity index (χ4v) is 2.15. The quantitative estimate of drug-likeness (QED) is 0.795. The standard InChI is InChI=1S/C14H17F3N2O/c1-18-6-8-19(9-7-18)10-13(20)11-2-4-12(5-3-11)14(15,16)17/h2-5H,6-10H2,1H3. The number of benzene rings is 1. The van der Waals surface area contributed by atoms with Gasteiger partial charge in [0.25, 0.3) is 0 Å². The van der Waals surface area contributed by atoms with Gasteiger partial charge in [0.1, 0.15) is 0 Å². The van der Waals surface area contributed by atoms with Gasteiger partial charge in [0.15, 0.2) is 5.78 Å². The molecule has 0 bridgehead atoms. The molecule has 0 aliphatic carbocycles. The van der Waals surface area contributed by atoms with Crippen LogP contribution in [0.15, 0.2) is 24.3 Å². The molecule has 0 saturated carbocycles. The molecule has 2 rings (SSSR count). The predicted molar refractivity (Wildman–Crippen MR) is 69.7 cm³/mol. The van der Waals surface area contributed by atoms with E-state index in [0.717, 1.165) is 38.3 Å². The number of carbonyl (C=O) groups is 1. The Kier molecular flexibility index (Phi) is 4.45. The first kappa shape index (κ1) is 15.0. The normalized spacial score (nSPS) is 18.2. The highest BCUT2D eigenvalue weighted by molar-refractivity contribution is 5.97. The van der Waals surface area contributed by atoms with Gasteiger partial charge in [0.2, 0.25) is 0 Å². The Bertz CT molecular complexity index is 462. The number of alkyl halides is 3. The van der Waals surface area contributed by atoms with Gasteiger partial charge in [-0.1, -0.05) is 12.1 Å². The van der Waals surface area contributed by atoms with Gasteiger partial charge in [0, 0.05) is 31.7 Å². The van der Waals surface area contributed by atoms with E-state index in [2.05, 4.69) is 4.90 Å². The number of likely N-dealkylation sites (N-methyl/N-ethyl adjacent to an activating group) is 1. The molecule has 0 radical (unpaired) electrons. The first-order valence-corrected chi connectivity index (χ1v) is 6.47. The van der Waals surface area contributed by atoms with Crippen LogP contribution < -0.4 is 0 Å². The Hall–Kier alpha value is -1.40. The molecule has 1 aliphatic rings. The summed E-state index contributed by atoms with van der Waals surface area (Å²) in [6, 6.07) is 4.41. The average molecular weight is 286 g/mol. The molecule has 1 saturated heterocycles. The molecule has 1 fully saturated rings. The maximum absolute atomic E-state index is 12.4. The summed E-state index contributed by atoms with van der Waals surface area (Å²) < 4.78 is 37.3. The molecule has 1 aromatic rings. The zero-order chi connectivity index (χ0) is 14.8. The van der Waals surface area contributed by atoms with Gasteiger partial charge >= 0.3 is 6.18 Å². The minimum absolute atomic E-state index is 0.136. The van der Waals surface area contributed by atoms with Crippen LogP contribution in [0, 0.1) is 0 Å². The van der Waals surface area contributed by atoms with E-state index in [0.29, 0.717) is 5.56 Å². The lowest BCUT2D eigenvalue weighted by Gasteiger charge is -2.31. The molecule has 6 heteroatoms. The topological polar surface area (TPSA) is 23.6 Å². The Labute approximate surface area is 116 Å². The molecule has 0 N–H and O–H groups in total. The van der Waals surface area contributed by atoms with E-state index in [1.165, 1.54) is 12.1 Å². The Morgan fingerprint density at radius 3 is 2.15 bits per heavy atom. The van der Waals surface area contributed by atoms with Gasteiger partial charge in [-0.2, -0.15) is 13.2 Å². The van der Waals surface area contributed by atoms with Crippen LogP contribution in [0.5, 0.6) is 0 Å². The lowest BCUT2D eigenvalue weighted by molar-refractivity contribution is -0.137. The lowest BCUT2D eigenvalue weighted by atomic mass is 10.1. The van der Waals surface area contributed by atoms with E-state index in [9.17, 15) is 18.0 Å². The van der Waals surface area contributed by atoms with Crippen molar-refractivity contribution in [3.8, 4) is 0 Å². The van der Waals surface area contributed by atoms with Crippen LogP contribution in [0.2, 0.25) is 0 Å². The summed E-state index contributed by atoms with van der Waals surface area (Å²) in [6.45, 7) is 3.69. The summed E-state index contributed by atoms with van der Waals surface area (Å²) in [5.74, 6) is -0.136. The molecule has 1 heterocycles. The molecule has 110 valence electrons. The number of hydrogen-bond acceptors (Lipinski definition) is 3. The highest BCUT2D eigenvalue weighted by atomic mass is 19.4. The molecule has 1 aromatic carbocycles. The van der Waals surface area contributed by atoms with E-state index in [1.807, 2.05) is 11.9 Å². The first-order valence-electron chi connectivity index (χ1n) is 6.47. The highest BCUT2D eigenvalue weighted by Crippen LogP contribution is 2.29. The zero-order valence-corrected chi connectivity index (χ0v) is 11.3. The number of hydrogen-bond donors (Lipinski definition) is 0. The van der Waals surface area contributed by atoms with Crippen LogP contribution in [-0.2, 0) is 6.18 Å². The predicted octanol–water partition coefficient (Wildman–Crippen LogP) is 2.14. The van der Waals surface area contributed by atoms with Crippen molar-refractivity contribution in [2.45, 2.75) is 6.18 Å². The third-order valence-corrected chi connectivity index (χ3v) is 3.50. The second kappa shape index (κ2) is 5.93. The van der Waals surface area contributed by atoms with Gasteiger partial charge in [-0.3, -0.25) is 9.69 Å². The molecule has 0 aromatic heterocycles. The summed E-state index contributed by atoms with van der Waals surface area (Å²) in [5.41, 5.74) is -0.398. The zero-order valence-electron chi connectivity index (χ0n) is 11.3. The van der Waals surface area contributed by atoms with Crippen molar-refractivity contribution < 1.29 is 18.0 Å². The van der Waals surface area contributed by atoms with Gasteiger partial charge in [0.05, 0.1) is 12.1 Å². The molecule has 0 spiro atoms. The molecular formula is C14H17F3N2O. The average Bonchev–Trinajstić information content (AvgIpc) is 2.40. The second-order valence-electron chi connectivity index (χ2n) is 5.08. The van der Waals surface area contributed by atoms with E-state index in [1.54, 1.807) is 0 Å². The minimum Gasteiger partial charge on any atom is -0.304 e. The number of carbonyl (C=O) groups excluding carboxylic acids is 1. The number of ketones is 1. The van der Waals surface area contributed by atoms with Crippen LogP contribution in [-0.4, -0.2) is 55.4 Å². The van der Waals surface area contributed by atoms with Gasteiger partial charge < -0.3 is 4.90 Å². The second-order valence-corrected chi connectivity index (χ2v) is 5.08. The van der Waals surface area contributed by atoms with Gasteiger partial charge in [-0.05, 0) is 19.2 Å². The number of nitrogens with zero attached hydrogens (tertiary/aromatic N) is 2. The lowest BCUT2D eigenvalue weighted by Crippen LogP contribution is -2.46. The van der Waals surface area contributed by atoms with Crippen molar-refractivity contribution in [1.82, 2.24) is 9.80 Å². The third-order valence-electron chi connectivity index (χ3n) is 3.50. The van der Waals surface area contributed by atoms with E-state index in [4.69, 9.17) is 0 Å². The van der Waals surface area contributed by atoms with Gasteiger partial charge in [-0.15, -0.1) is 0 Å². The van der Waals surface area contributed by atoms with Crippen molar-refractivity contribution >= 4 is 5.78 Å². The summed E-state index contributed by atoms with van der Waals surface area (Å²) >= 11 is 0. The maximum atomic E-state index is 12.4. The number of Topliss-reactive ketones (excluding diaryl/α,β-unsaturated/α-hetero) is 1. The summed E-state index contributed by atoms with van der Waals surface area (Å²) in [6.07, 6.45) is -4.36. The molecule has 1 aliphatic heterocycles. The van der Waals surface area contributed by atoms with Crippen molar-refractivity contribution in [2.75, 3.05) is 39.8 Å². The SMILES string of the molecule is CN1CCN(CC(=O)c2ccc(C(F)(F)F)cc2)CC1. The monoisotopic (exact) mass is 286 g/mol. The van der Waals surface area contributed by atoms with Crippen LogP contribution in [0.25, 0.3) is 0 Å². The molecule has 0 unspecified atom stereocenters. The molecule has 20 heavy (non-hydrogen) atoms. The van der Waals surface area contributed by atoms with Crippen molar-refractivity contribution in [1.29, 1.82) is 0 Å². The van der Waals surface area contributed by atoms with E-state index < -0.39 is 11.7 Å². The summed E-state index contributed by atoms with van der Waals surface area (Å²) in [5, 5.41) is 0. The maximum Gasteiger partial charge on any atom is 0.416 e. The van der Waals surface area contributed by atoms with Crippen molar-refractivity contribution in [2.24, 2.45) is 0 Å². The van der Waals surface area contributed by atoms with Gasteiger partial charge in [-0.25, -0.2) is 0 Å². The fraction of sp³-hybridized carbons (Fsp3) is 0.500. The number of halogens is 3. The molecule has 3 nitrogen and oxygen atoms in total. The Morgan fingerprint density at radius 2 is 1.65 bits per heavy atom. The van der Waals surface area contributed by atoms with Crippen molar-refractivity contribution in [3.63, 3.8) is 0 Å². The summed E-state index contributed by atoms with van der Waals surface area (Å²) in [4.78, 5) is 16.2. The fourth-order valence-electron chi connectivity index (χ4n) is 2.15. The molecule has 0 amide bonds. The smallest absolute Gasteiger partial charge is 0.304 e. The Balaban J connectivity index is 1.96. The van der Waals surface area contributed by atoms with Crippen LogP contribution >= 0.6 is 0 Å². The highest BCUT2D eigenvalue weighted by Gasteiger charge is 2.30. The van der Waals surface area contributed by atoms with E-state index >= 15 is 0 Å². The molecular weight excluding hydrogens is 269 g/mol. The molecule has 0 atom stereocenters. The third kappa shape index (κ3) is 3.80. The largest absolute Gasteiger partial charge is 0.416 e. The van der Waals surface area contributed by atoms with Crippen LogP contribution in [0.4, 0.5) is 13.2 Å². The summed E-state index contributed by atoms with van der Waals surface area (Å²) in [7, 11) is 2.02. The van der Waals surface area contributed by atoms with Crippen LogP contribution in [0.3, 0.4) is 0 Å². The number of rotatable bonds is 3. The minimum atomic E-state index is -4.36. The first-order chi connectivity index (χ1) is 9.36. The van der Waals surface area contributed by atoms with Crippen molar-refractivity contribution in [3.05, 3.63) is 35.4 Å².